The summed E-state index contributed by atoms with van der Waals surface area (Å²) < 4.78 is 0. The molecule has 2 N–H and O–H groups in total. The summed E-state index contributed by atoms with van der Waals surface area (Å²) in [5.41, 5.74) is 1.17. The van der Waals surface area contributed by atoms with Gasteiger partial charge in [-0.15, -0.1) is 0 Å². The Morgan fingerprint density at radius 2 is 2.00 bits per heavy atom. The van der Waals surface area contributed by atoms with Gasteiger partial charge >= 0.3 is 0 Å². The predicted molar refractivity (Wildman–Crippen MR) is 108 cm³/mol. The van der Waals surface area contributed by atoms with Crippen LogP contribution in [-0.2, 0) is 6.42 Å². The van der Waals surface area contributed by atoms with Crippen LogP contribution in [0, 0.1) is 0 Å². The van der Waals surface area contributed by atoms with Gasteiger partial charge in [-0.2, -0.15) is 0 Å². The van der Waals surface area contributed by atoms with E-state index in [1.54, 1.807) is 0 Å². The van der Waals surface area contributed by atoms with Gasteiger partial charge in [0.2, 0.25) is 0 Å². The van der Waals surface area contributed by atoms with E-state index in [1.165, 1.54) is 25.1 Å². The van der Waals surface area contributed by atoms with E-state index in [1.807, 2.05) is 18.2 Å². The van der Waals surface area contributed by atoms with Crippen molar-refractivity contribution in [2.45, 2.75) is 19.8 Å². The fraction of sp³-hybridized carbons (Fsp3) is 0.632. The van der Waals surface area contributed by atoms with Crippen LogP contribution in [-0.4, -0.2) is 75.2 Å². The third-order valence-electron chi connectivity index (χ3n) is 4.49. The summed E-state index contributed by atoms with van der Waals surface area (Å²) in [5.74, 6) is 0.890. The van der Waals surface area contributed by atoms with Crippen molar-refractivity contribution in [2.24, 2.45) is 4.99 Å². The van der Waals surface area contributed by atoms with Crippen molar-refractivity contribution in [3.8, 4) is 0 Å². The lowest BCUT2D eigenvalue weighted by Crippen LogP contribution is -2.39. The molecule has 0 radical (unpaired) electrons. The lowest BCUT2D eigenvalue weighted by atomic mass is 10.1. The number of halogens is 1. The molecule has 1 heterocycles. The maximum atomic E-state index is 6.21. The van der Waals surface area contributed by atoms with Gasteiger partial charge in [-0.25, -0.2) is 0 Å². The van der Waals surface area contributed by atoms with Gasteiger partial charge < -0.3 is 20.4 Å². The van der Waals surface area contributed by atoms with Gasteiger partial charge in [0.05, 0.1) is 6.54 Å². The first kappa shape index (κ1) is 20.0. The van der Waals surface area contributed by atoms with E-state index in [0.29, 0.717) is 0 Å². The molecule has 5 nitrogen and oxygen atoms in total. The van der Waals surface area contributed by atoms with Gasteiger partial charge in [0, 0.05) is 37.7 Å². The molecule has 1 fully saturated rings. The third kappa shape index (κ3) is 7.63. The molecule has 0 amide bonds. The van der Waals surface area contributed by atoms with Crippen LogP contribution in [0.15, 0.2) is 29.3 Å². The van der Waals surface area contributed by atoms with Crippen molar-refractivity contribution >= 4 is 17.6 Å². The van der Waals surface area contributed by atoms with Crippen molar-refractivity contribution in [1.29, 1.82) is 0 Å². The Kier molecular flexibility index (Phi) is 9.08. The predicted octanol–water partition coefficient (Wildman–Crippen LogP) is 2.08. The van der Waals surface area contributed by atoms with Crippen LogP contribution >= 0.6 is 11.6 Å². The summed E-state index contributed by atoms with van der Waals surface area (Å²) in [6.45, 7) is 10.3. The van der Waals surface area contributed by atoms with E-state index in [0.717, 1.165) is 56.7 Å². The Hall–Kier alpha value is -1.30. The van der Waals surface area contributed by atoms with E-state index in [2.05, 4.69) is 40.5 Å². The minimum Gasteiger partial charge on any atom is -0.357 e. The zero-order valence-corrected chi connectivity index (χ0v) is 16.4. The fourth-order valence-electron chi connectivity index (χ4n) is 2.99. The molecule has 0 aliphatic carbocycles. The average molecular weight is 366 g/mol. The Labute approximate surface area is 157 Å². The molecular formula is C19H32ClN5. The van der Waals surface area contributed by atoms with E-state index < -0.39 is 0 Å². The number of benzene rings is 1. The fourth-order valence-corrected chi connectivity index (χ4v) is 3.22. The molecule has 1 aliphatic heterocycles. The molecule has 0 unspecified atom stereocenters. The van der Waals surface area contributed by atoms with Crippen LogP contribution in [0.3, 0.4) is 0 Å². The highest BCUT2D eigenvalue weighted by Gasteiger charge is 2.11. The number of hydrogen-bond donors (Lipinski definition) is 2. The Morgan fingerprint density at radius 3 is 2.80 bits per heavy atom. The summed E-state index contributed by atoms with van der Waals surface area (Å²) in [6.07, 6.45) is 2.14. The van der Waals surface area contributed by atoms with Gasteiger partial charge in [0.1, 0.15) is 0 Å². The molecule has 6 heteroatoms. The molecule has 1 aromatic rings. The minimum absolute atomic E-state index is 0.823. The van der Waals surface area contributed by atoms with Crippen LogP contribution < -0.4 is 10.6 Å². The molecule has 0 saturated carbocycles. The first-order valence-corrected chi connectivity index (χ1v) is 9.73. The topological polar surface area (TPSA) is 42.9 Å². The average Bonchev–Trinajstić information content (AvgIpc) is 2.81. The largest absolute Gasteiger partial charge is 0.357 e. The Balaban J connectivity index is 1.74. The molecule has 1 aromatic carbocycles. The van der Waals surface area contributed by atoms with Crippen LogP contribution in [0.1, 0.15) is 18.9 Å². The monoisotopic (exact) mass is 365 g/mol. The number of nitrogens with zero attached hydrogens (tertiary/aromatic N) is 3. The molecule has 2 rings (SSSR count). The second-order valence-corrected chi connectivity index (χ2v) is 6.93. The van der Waals surface area contributed by atoms with Crippen LogP contribution in [0.4, 0.5) is 0 Å². The summed E-state index contributed by atoms with van der Waals surface area (Å²) in [4.78, 5) is 9.64. The minimum atomic E-state index is 0.823. The van der Waals surface area contributed by atoms with Crippen molar-refractivity contribution in [1.82, 2.24) is 20.4 Å². The Bertz CT molecular complexity index is 534. The summed E-state index contributed by atoms with van der Waals surface area (Å²) >= 11 is 6.21. The SMILES string of the molecule is CCNC(=NCCN1CCCN(C)CC1)NCCc1ccccc1Cl. The molecule has 0 atom stereocenters. The van der Waals surface area contributed by atoms with Gasteiger partial charge in [-0.3, -0.25) is 4.99 Å². The molecule has 140 valence electrons. The van der Waals surface area contributed by atoms with Crippen molar-refractivity contribution in [2.75, 3.05) is 59.4 Å². The molecule has 0 bridgehead atoms. The zero-order chi connectivity index (χ0) is 17.9. The highest BCUT2D eigenvalue weighted by molar-refractivity contribution is 6.31. The first-order chi connectivity index (χ1) is 12.2. The van der Waals surface area contributed by atoms with Gasteiger partial charge in [-0.1, -0.05) is 29.8 Å². The number of rotatable bonds is 7. The molecule has 0 spiro atoms. The van der Waals surface area contributed by atoms with Crippen LogP contribution in [0.2, 0.25) is 5.02 Å². The second-order valence-electron chi connectivity index (χ2n) is 6.53. The molecule has 1 saturated heterocycles. The van der Waals surface area contributed by atoms with Crippen molar-refractivity contribution < 1.29 is 0 Å². The number of nitrogens with one attached hydrogen (secondary N) is 2. The van der Waals surface area contributed by atoms with E-state index in [9.17, 15) is 0 Å². The second kappa shape index (κ2) is 11.3. The highest BCUT2D eigenvalue weighted by atomic mass is 35.5. The molecule has 0 aromatic heterocycles. The number of guanidine groups is 1. The summed E-state index contributed by atoms with van der Waals surface area (Å²) in [7, 11) is 2.20. The van der Waals surface area contributed by atoms with E-state index in [-0.39, 0.29) is 0 Å². The summed E-state index contributed by atoms with van der Waals surface area (Å²) in [5, 5.41) is 7.56. The van der Waals surface area contributed by atoms with Gasteiger partial charge in [0.25, 0.3) is 0 Å². The van der Waals surface area contributed by atoms with Crippen molar-refractivity contribution in [3.05, 3.63) is 34.9 Å². The lowest BCUT2D eigenvalue weighted by molar-refractivity contribution is 0.283. The quantitative estimate of drug-likeness (QED) is 0.573. The standard InChI is InChI=1S/C19H32ClN5/c1-3-21-19(22-10-9-17-7-4-5-8-18(17)20)23-11-14-25-13-6-12-24(2)15-16-25/h4-5,7-8H,3,6,9-16H2,1-2H3,(H2,21,22,23). The third-order valence-corrected chi connectivity index (χ3v) is 4.86. The maximum Gasteiger partial charge on any atom is 0.191 e. The van der Waals surface area contributed by atoms with Crippen LogP contribution in [0.25, 0.3) is 0 Å². The maximum absolute atomic E-state index is 6.21. The van der Waals surface area contributed by atoms with Gasteiger partial charge in [0.15, 0.2) is 5.96 Å². The number of aliphatic imine (C=N–C) groups is 1. The Morgan fingerprint density at radius 1 is 1.16 bits per heavy atom. The van der Waals surface area contributed by atoms with Gasteiger partial charge in [-0.05, 0) is 51.5 Å². The normalized spacial score (nSPS) is 17.3. The zero-order valence-electron chi connectivity index (χ0n) is 15.6. The molecule has 25 heavy (non-hydrogen) atoms. The number of hydrogen-bond acceptors (Lipinski definition) is 3. The molecular weight excluding hydrogens is 334 g/mol. The first-order valence-electron chi connectivity index (χ1n) is 9.35. The van der Waals surface area contributed by atoms with E-state index in [4.69, 9.17) is 16.6 Å². The van der Waals surface area contributed by atoms with Crippen molar-refractivity contribution in [3.63, 3.8) is 0 Å². The molecule has 1 aliphatic rings. The summed E-state index contributed by atoms with van der Waals surface area (Å²) in [6, 6.07) is 8.00. The lowest BCUT2D eigenvalue weighted by Gasteiger charge is -2.19. The smallest absolute Gasteiger partial charge is 0.191 e. The van der Waals surface area contributed by atoms with Crippen LogP contribution in [0.5, 0.6) is 0 Å². The number of likely N-dealkylation sites (N-methyl/N-ethyl adjacent to an activating group) is 1. The van der Waals surface area contributed by atoms with E-state index >= 15 is 0 Å². The highest BCUT2D eigenvalue weighted by Crippen LogP contribution is 2.14.